The number of rotatable bonds is 4. The number of halogens is 1. The van der Waals surface area contributed by atoms with Gasteiger partial charge in [-0.25, -0.2) is 5.43 Å². The van der Waals surface area contributed by atoms with E-state index >= 15 is 0 Å². The maximum atomic E-state index is 11.9. The van der Waals surface area contributed by atoms with Crippen LogP contribution in [0.5, 0.6) is 0 Å². The predicted octanol–water partition coefficient (Wildman–Crippen LogP) is 3.97. The number of carbonyl (C=O) groups is 1. The van der Waals surface area contributed by atoms with E-state index in [0.717, 1.165) is 10.0 Å². The highest BCUT2D eigenvalue weighted by atomic mass is 79.9. The minimum absolute atomic E-state index is 0.149. The maximum Gasteiger partial charge on any atom is 0.272 e. The fourth-order valence-electron chi connectivity index (χ4n) is 1.76. The smallest absolute Gasteiger partial charge is 0.267 e. The Bertz CT molecular complexity index is 611. The van der Waals surface area contributed by atoms with Crippen molar-refractivity contribution in [3.63, 3.8) is 0 Å². The fourth-order valence-corrected chi connectivity index (χ4v) is 2.22. The number of hydrogen-bond donors (Lipinski definition) is 1. The molecule has 2 aromatic rings. The van der Waals surface area contributed by atoms with Crippen LogP contribution in [-0.4, -0.2) is 12.1 Å². The van der Waals surface area contributed by atoms with Crippen LogP contribution >= 0.6 is 15.9 Å². The van der Waals surface area contributed by atoms with Gasteiger partial charge in [0.15, 0.2) is 0 Å². The summed E-state index contributed by atoms with van der Waals surface area (Å²) in [5.41, 5.74) is 4.27. The second-order valence-corrected chi connectivity index (χ2v) is 5.25. The van der Waals surface area contributed by atoms with Crippen molar-refractivity contribution in [2.75, 3.05) is 0 Å². The Morgan fingerprint density at radius 2 is 1.80 bits per heavy atom. The van der Waals surface area contributed by atoms with Crippen molar-refractivity contribution in [3.8, 4) is 0 Å². The predicted molar refractivity (Wildman–Crippen MR) is 85.0 cm³/mol. The van der Waals surface area contributed by atoms with Crippen molar-refractivity contribution < 1.29 is 4.79 Å². The summed E-state index contributed by atoms with van der Waals surface area (Å²) in [6.07, 6.45) is 1.73. The Kier molecular flexibility index (Phi) is 5.07. The Morgan fingerprint density at radius 1 is 1.15 bits per heavy atom. The van der Waals surface area contributed by atoms with Gasteiger partial charge >= 0.3 is 0 Å². The molecule has 0 saturated heterocycles. The van der Waals surface area contributed by atoms with Crippen LogP contribution < -0.4 is 5.43 Å². The highest BCUT2D eigenvalue weighted by Crippen LogP contribution is 2.15. The lowest BCUT2D eigenvalue weighted by Gasteiger charge is -2.06. The first-order valence-corrected chi connectivity index (χ1v) is 7.11. The summed E-state index contributed by atoms with van der Waals surface area (Å²) >= 11 is 3.34. The molecule has 2 aromatic carbocycles. The Labute approximate surface area is 126 Å². The third-order valence-electron chi connectivity index (χ3n) is 2.91. The zero-order valence-electron chi connectivity index (χ0n) is 11.1. The summed E-state index contributed by atoms with van der Waals surface area (Å²) in [4.78, 5) is 11.9. The highest BCUT2D eigenvalue weighted by Gasteiger charge is 2.07. The Balaban J connectivity index is 1.97. The first-order chi connectivity index (χ1) is 9.68. The van der Waals surface area contributed by atoms with Gasteiger partial charge in [-0.05, 0) is 33.6 Å². The minimum Gasteiger partial charge on any atom is -0.267 e. The summed E-state index contributed by atoms with van der Waals surface area (Å²) in [6, 6.07) is 17.3. The molecule has 0 fully saturated rings. The van der Waals surface area contributed by atoms with E-state index in [9.17, 15) is 4.79 Å². The topological polar surface area (TPSA) is 41.5 Å². The van der Waals surface area contributed by atoms with Crippen LogP contribution in [0.4, 0.5) is 0 Å². The first kappa shape index (κ1) is 14.5. The van der Waals surface area contributed by atoms with Crippen molar-refractivity contribution in [1.82, 2.24) is 5.43 Å². The van der Waals surface area contributed by atoms with E-state index in [2.05, 4.69) is 26.5 Å². The number of nitrogens with one attached hydrogen (secondary N) is 1. The molecule has 0 heterocycles. The number of amides is 1. The van der Waals surface area contributed by atoms with E-state index in [1.165, 1.54) is 0 Å². The molecule has 0 aliphatic rings. The van der Waals surface area contributed by atoms with Crippen LogP contribution in [0, 0.1) is 0 Å². The molecule has 0 spiro atoms. The Morgan fingerprint density at radius 3 is 2.50 bits per heavy atom. The van der Waals surface area contributed by atoms with E-state index in [0.29, 0.717) is 5.56 Å². The van der Waals surface area contributed by atoms with E-state index in [1.54, 1.807) is 12.3 Å². The second-order valence-electron chi connectivity index (χ2n) is 4.40. The molecule has 0 radical (unpaired) electrons. The number of nitrogens with zero attached hydrogens (tertiary/aromatic N) is 1. The van der Waals surface area contributed by atoms with Crippen LogP contribution in [0.1, 0.15) is 28.8 Å². The molecule has 2 rings (SSSR count). The summed E-state index contributed by atoms with van der Waals surface area (Å²) < 4.78 is 0.754. The molecule has 0 bridgehead atoms. The lowest BCUT2D eigenvalue weighted by atomic mass is 10.0. The number of hydrazone groups is 1. The molecule has 0 saturated carbocycles. The number of benzene rings is 2. The van der Waals surface area contributed by atoms with Crippen molar-refractivity contribution in [1.29, 1.82) is 0 Å². The van der Waals surface area contributed by atoms with Crippen LogP contribution in [-0.2, 0) is 0 Å². The zero-order valence-corrected chi connectivity index (χ0v) is 12.7. The van der Waals surface area contributed by atoms with Gasteiger partial charge in [0.2, 0.25) is 0 Å². The number of hydrogen-bond acceptors (Lipinski definition) is 2. The molecule has 102 valence electrons. The molecule has 0 aliphatic carbocycles. The van der Waals surface area contributed by atoms with Gasteiger partial charge < -0.3 is 0 Å². The minimum atomic E-state index is -0.228. The lowest BCUT2D eigenvalue weighted by molar-refractivity contribution is 0.0954. The largest absolute Gasteiger partial charge is 0.272 e. The van der Waals surface area contributed by atoms with Gasteiger partial charge in [-0.1, -0.05) is 49.4 Å². The molecular formula is C16H15BrN2O. The standard InChI is InChI=1S/C16H15BrN2O/c1-12(13-7-3-2-4-8-13)11-18-19-16(20)14-9-5-6-10-15(14)17/h2-12H,1H3,(H,19,20)/b18-11+. The van der Waals surface area contributed by atoms with Crippen LogP contribution in [0.15, 0.2) is 64.2 Å². The normalized spacial score (nSPS) is 12.3. The molecule has 1 atom stereocenters. The van der Waals surface area contributed by atoms with Crippen molar-refractivity contribution in [3.05, 3.63) is 70.2 Å². The van der Waals surface area contributed by atoms with Gasteiger partial charge in [-0.2, -0.15) is 5.10 Å². The number of carbonyl (C=O) groups excluding carboxylic acids is 1. The third-order valence-corrected chi connectivity index (χ3v) is 3.60. The summed E-state index contributed by atoms with van der Waals surface area (Å²) in [5.74, 6) is -0.0790. The first-order valence-electron chi connectivity index (χ1n) is 6.31. The molecular weight excluding hydrogens is 316 g/mol. The van der Waals surface area contributed by atoms with Gasteiger partial charge in [-0.15, -0.1) is 0 Å². The molecule has 0 aromatic heterocycles. The van der Waals surface area contributed by atoms with Crippen molar-refractivity contribution >= 4 is 28.1 Å². The van der Waals surface area contributed by atoms with Crippen molar-refractivity contribution in [2.45, 2.75) is 12.8 Å². The monoisotopic (exact) mass is 330 g/mol. The molecule has 4 heteroatoms. The fraction of sp³-hybridized carbons (Fsp3) is 0.125. The van der Waals surface area contributed by atoms with Crippen LogP contribution in [0.25, 0.3) is 0 Å². The van der Waals surface area contributed by atoms with E-state index in [1.807, 2.05) is 55.5 Å². The summed E-state index contributed by atoms with van der Waals surface area (Å²) in [5, 5.41) is 4.02. The van der Waals surface area contributed by atoms with Gasteiger partial charge in [0.05, 0.1) is 5.56 Å². The van der Waals surface area contributed by atoms with Crippen LogP contribution in [0.3, 0.4) is 0 Å². The van der Waals surface area contributed by atoms with Gasteiger partial charge in [0.25, 0.3) is 5.91 Å². The molecule has 0 aliphatic heterocycles. The zero-order chi connectivity index (χ0) is 14.4. The average molecular weight is 331 g/mol. The third kappa shape index (κ3) is 3.78. The molecule has 1 amide bonds. The van der Waals surface area contributed by atoms with Crippen molar-refractivity contribution in [2.24, 2.45) is 5.10 Å². The average Bonchev–Trinajstić information content (AvgIpc) is 2.48. The van der Waals surface area contributed by atoms with Gasteiger partial charge in [0.1, 0.15) is 0 Å². The van der Waals surface area contributed by atoms with Gasteiger partial charge in [0, 0.05) is 16.6 Å². The van der Waals surface area contributed by atoms with Gasteiger partial charge in [-0.3, -0.25) is 4.79 Å². The molecule has 1 N–H and O–H groups in total. The quantitative estimate of drug-likeness (QED) is 0.668. The van der Waals surface area contributed by atoms with E-state index < -0.39 is 0 Å². The summed E-state index contributed by atoms with van der Waals surface area (Å²) in [7, 11) is 0. The van der Waals surface area contributed by atoms with E-state index in [4.69, 9.17) is 0 Å². The molecule has 1 unspecified atom stereocenters. The molecule has 3 nitrogen and oxygen atoms in total. The Hall–Kier alpha value is -1.94. The SMILES string of the molecule is CC(/C=N/NC(=O)c1ccccc1Br)c1ccccc1. The van der Waals surface area contributed by atoms with E-state index in [-0.39, 0.29) is 11.8 Å². The lowest BCUT2D eigenvalue weighted by Crippen LogP contribution is -2.18. The maximum absolute atomic E-state index is 11.9. The second kappa shape index (κ2) is 7.01. The summed E-state index contributed by atoms with van der Waals surface area (Å²) in [6.45, 7) is 2.03. The highest BCUT2D eigenvalue weighted by molar-refractivity contribution is 9.10. The van der Waals surface area contributed by atoms with Crippen LogP contribution in [0.2, 0.25) is 0 Å². The molecule has 20 heavy (non-hydrogen) atoms.